The minimum atomic E-state index is -0.442. The Morgan fingerprint density at radius 1 is 0.902 bits per heavy atom. The highest BCUT2D eigenvalue weighted by molar-refractivity contribution is 9.10. The SMILES string of the molecule is COc1cc(C(=O)N2CCN(c3nc4c(c(=O)n(C)c(=O)n4C)n3Cc3ccc(Br)cc3)CC2)cc(OC)c1OC. The number of aryl methyl sites for hydroxylation is 1. The van der Waals surface area contributed by atoms with Crippen molar-refractivity contribution in [1.29, 1.82) is 0 Å². The molecule has 1 aliphatic rings. The summed E-state index contributed by atoms with van der Waals surface area (Å²) in [5.74, 6) is 1.64. The summed E-state index contributed by atoms with van der Waals surface area (Å²) in [5.41, 5.74) is 1.22. The first-order valence-electron chi connectivity index (χ1n) is 12.9. The predicted molar refractivity (Wildman–Crippen MR) is 158 cm³/mol. The van der Waals surface area contributed by atoms with Crippen molar-refractivity contribution in [2.24, 2.45) is 14.1 Å². The number of carbonyl (C=O) groups excluding carboxylic acids is 1. The number of nitrogens with zero attached hydrogens (tertiary/aromatic N) is 6. The second kappa shape index (κ2) is 11.3. The van der Waals surface area contributed by atoms with Crippen LogP contribution < -0.4 is 30.4 Å². The van der Waals surface area contributed by atoms with Gasteiger partial charge in [0.1, 0.15) is 0 Å². The van der Waals surface area contributed by atoms with Gasteiger partial charge in [-0.05, 0) is 29.8 Å². The molecule has 216 valence electrons. The Kier molecular flexibility index (Phi) is 7.80. The average molecular weight is 627 g/mol. The molecule has 3 heterocycles. The molecule has 0 spiro atoms. The van der Waals surface area contributed by atoms with Crippen LogP contribution in [-0.2, 0) is 20.6 Å². The summed E-state index contributed by atoms with van der Waals surface area (Å²) in [6, 6.07) is 11.1. The average Bonchev–Trinajstić information content (AvgIpc) is 3.38. The van der Waals surface area contributed by atoms with Gasteiger partial charge in [0.05, 0.1) is 27.9 Å². The number of amides is 1. The lowest BCUT2D eigenvalue weighted by molar-refractivity contribution is 0.0745. The lowest BCUT2D eigenvalue weighted by Gasteiger charge is -2.35. The molecule has 1 amide bonds. The highest BCUT2D eigenvalue weighted by atomic mass is 79.9. The summed E-state index contributed by atoms with van der Waals surface area (Å²) in [7, 11) is 7.60. The molecule has 5 rings (SSSR count). The summed E-state index contributed by atoms with van der Waals surface area (Å²) in [5, 5.41) is 0. The fourth-order valence-corrected chi connectivity index (χ4v) is 5.36. The maximum Gasteiger partial charge on any atom is 0.332 e. The number of piperazine rings is 1. The number of hydrogen-bond donors (Lipinski definition) is 0. The highest BCUT2D eigenvalue weighted by Gasteiger charge is 2.29. The van der Waals surface area contributed by atoms with Gasteiger partial charge in [0.25, 0.3) is 11.5 Å². The van der Waals surface area contributed by atoms with Crippen LogP contribution in [0.3, 0.4) is 0 Å². The van der Waals surface area contributed by atoms with Gasteiger partial charge in [0, 0.05) is 50.3 Å². The molecule has 4 aromatic rings. The predicted octanol–water partition coefficient (Wildman–Crippen LogP) is 2.23. The number of methoxy groups -OCH3 is 3. The lowest BCUT2D eigenvalue weighted by atomic mass is 10.1. The standard InChI is InChI=1S/C28H31BrN6O6/c1-31-24-22(26(37)32(2)28(31)38)35(16-17-6-8-19(29)9-7-17)27(30-24)34-12-10-33(11-13-34)25(36)18-14-20(39-3)23(41-5)21(15-18)40-4/h6-9,14-15H,10-13,16H2,1-5H3. The summed E-state index contributed by atoms with van der Waals surface area (Å²) in [6.45, 7) is 2.20. The van der Waals surface area contributed by atoms with Gasteiger partial charge in [-0.3, -0.25) is 23.3 Å². The van der Waals surface area contributed by atoms with E-state index in [4.69, 9.17) is 19.2 Å². The fourth-order valence-electron chi connectivity index (χ4n) is 5.10. The molecule has 41 heavy (non-hydrogen) atoms. The summed E-state index contributed by atoms with van der Waals surface area (Å²) in [4.78, 5) is 48.0. The molecule has 0 saturated carbocycles. The number of fused-ring (bicyclic) bond motifs is 1. The van der Waals surface area contributed by atoms with E-state index in [0.29, 0.717) is 72.6 Å². The van der Waals surface area contributed by atoms with Gasteiger partial charge < -0.3 is 24.0 Å². The Balaban J connectivity index is 1.47. The van der Waals surface area contributed by atoms with Crippen LogP contribution in [0, 0.1) is 0 Å². The summed E-state index contributed by atoms with van der Waals surface area (Å²) < 4.78 is 21.5. The number of benzene rings is 2. The van der Waals surface area contributed by atoms with Gasteiger partial charge in [-0.25, -0.2) is 4.79 Å². The second-order valence-corrected chi connectivity index (χ2v) is 10.6. The number of anilines is 1. The Labute approximate surface area is 244 Å². The van der Waals surface area contributed by atoms with E-state index in [1.54, 1.807) is 24.1 Å². The largest absolute Gasteiger partial charge is 0.493 e. The number of hydrogen-bond acceptors (Lipinski definition) is 8. The van der Waals surface area contributed by atoms with Crippen LogP contribution in [0.15, 0.2) is 50.5 Å². The maximum absolute atomic E-state index is 13.5. The Morgan fingerprint density at radius 3 is 2.07 bits per heavy atom. The van der Waals surface area contributed by atoms with E-state index >= 15 is 0 Å². The van der Waals surface area contributed by atoms with Crippen molar-refractivity contribution in [3.8, 4) is 17.2 Å². The van der Waals surface area contributed by atoms with Crippen molar-refractivity contribution in [1.82, 2.24) is 23.6 Å². The number of imidazole rings is 1. The molecule has 0 N–H and O–H groups in total. The molecule has 2 aromatic carbocycles. The lowest BCUT2D eigenvalue weighted by Crippen LogP contribution is -2.49. The first-order valence-corrected chi connectivity index (χ1v) is 13.7. The Morgan fingerprint density at radius 2 is 1.51 bits per heavy atom. The number of carbonyl (C=O) groups is 1. The summed E-state index contributed by atoms with van der Waals surface area (Å²) in [6.07, 6.45) is 0. The third-order valence-electron chi connectivity index (χ3n) is 7.34. The van der Waals surface area contributed by atoms with Gasteiger partial charge in [0.15, 0.2) is 22.7 Å². The number of aromatic nitrogens is 4. The monoisotopic (exact) mass is 626 g/mol. The molecule has 13 heteroatoms. The van der Waals surface area contributed by atoms with Crippen molar-refractivity contribution in [3.05, 3.63) is 72.8 Å². The molecular formula is C28H31BrN6O6. The van der Waals surface area contributed by atoms with Crippen LogP contribution in [0.25, 0.3) is 11.2 Å². The van der Waals surface area contributed by atoms with Crippen LogP contribution in [-0.4, -0.2) is 77.0 Å². The minimum absolute atomic E-state index is 0.163. The fraction of sp³-hybridized carbons (Fsp3) is 0.357. The van der Waals surface area contributed by atoms with Crippen LogP contribution in [0.1, 0.15) is 15.9 Å². The van der Waals surface area contributed by atoms with E-state index in [1.807, 2.05) is 33.7 Å². The Bertz CT molecular complexity index is 1710. The van der Waals surface area contributed by atoms with Crippen LogP contribution in [0.4, 0.5) is 5.95 Å². The van der Waals surface area contributed by atoms with Gasteiger partial charge >= 0.3 is 5.69 Å². The van der Waals surface area contributed by atoms with Crippen LogP contribution >= 0.6 is 15.9 Å². The van der Waals surface area contributed by atoms with E-state index < -0.39 is 11.2 Å². The molecule has 12 nitrogen and oxygen atoms in total. The van der Waals surface area contributed by atoms with Crippen molar-refractivity contribution in [2.75, 3.05) is 52.4 Å². The highest BCUT2D eigenvalue weighted by Crippen LogP contribution is 2.38. The minimum Gasteiger partial charge on any atom is -0.493 e. The molecule has 2 aromatic heterocycles. The van der Waals surface area contributed by atoms with E-state index in [0.717, 1.165) is 14.6 Å². The number of rotatable bonds is 7. The van der Waals surface area contributed by atoms with Crippen molar-refractivity contribution < 1.29 is 19.0 Å². The molecule has 0 atom stereocenters. The first kappa shape index (κ1) is 28.3. The molecule has 1 saturated heterocycles. The van der Waals surface area contributed by atoms with Gasteiger partial charge in [-0.15, -0.1) is 0 Å². The molecule has 1 aliphatic heterocycles. The second-order valence-electron chi connectivity index (χ2n) is 9.70. The quantitative estimate of drug-likeness (QED) is 0.307. The smallest absolute Gasteiger partial charge is 0.332 e. The third-order valence-corrected chi connectivity index (χ3v) is 7.87. The Hall–Kier alpha value is -4.26. The molecule has 0 bridgehead atoms. The van der Waals surface area contributed by atoms with Crippen molar-refractivity contribution in [2.45, 2.75) is 6.54 Å². The molecular weight excluding hydrogens is 596 g/mol. The van der Waals surface area contributed by atoms with Crippen LogP contribution in [0.5, 0.6) is 17.2 Å². The maximum atomic E-state index is 13.5. The van der Waals surface area contributed by atoms with Crippen LogP contribution in [0.2, 0.25) is 0 Å². The van der Waals surface area contributed by atoms with E-state index in [1.165, 1.54) is 32.9 Å². The normalized spacial score (nSPS) is 13.5. The zero-order chi connectivity index (χ0) is 29.4. The van der Waals surface area contributed by atoms with E-state index in [9.17, 15) is 14.4 Å². The number of ether oxygens (including phenoxy) is 3. The van der Waals surface area contributed by atoms with E-state index in [2.05, 4.69) is 15.9 Å². The molecule has 1 fully saturated rings. The zero-order valence-electron chi connectivity index (χ0n) is 23.5. The van der Waals surface area contributed by atoms with Gasteiger partial charge in [-0.2, -0.15) is 4.98 Å². The van der Waals surface area contributed by atoms with Crippen molar-refractivity contribution in [3.63, 3.8) is 0 Å². The topological polar surface area (TPSA) is 113 Å². The third kappa shape index (κ3) is 5.05. The molecule has 0 unspecified atom stereocenters. The van der Waals surface area contributed by atoms with Crippen molar-refractivity contribution >= 4 is 38.9 Å². The zero-order valence-corrected chi connectivity index (χ0v) is 25.1. The first-order chi connectivity index (χ1) is 19.7. The van der Waals surface area contributed by atoms with Gasteiger partial charge in [0.2, 0.25) is 11.7 Å². The molecule has 0 aliphatic carbocycles. The number of halogens is 1. The summed E-state index contributed by atoms with van der Waals surface area (Å²) >= 11 is 3.46. The molecule has 0 radical (unpaired) electrons. The van der Waals surface area contributed by atoms with E-state index in [-0.39, 0.29) is 5.91 Å². The van der Waals surface area contributed by atoms with Gasteiger partial charge in [-0.1, -0.05) is 28.1 Å².